The molecule has 3 heterocycles. The molecule has 1 aromatic carbocycles. The van der Waals surface area contributed by atoms with Gasteiger partial charge in [0.1, 0.15) is 5.41 Å². The van der Waals surface area contributed by atoms with Crippen LogP contribution in [0.1, 0.15) is 9.67 Å². The standard InChI is InChI=1S/C19H20N2O3S/c1-2-7-20-9-14-10-21(12-19(14,11-20)18(23)24)17(22)16-8-13-5-3-4-6-15(13)25-16/h2-6,8,14H,1,7,9-12H2,(H,23,24)/t14-,19-/m0/s1. The molecule has 2 atom stereocenters. The van der Waals surface area contributed by atoms with Crippen LogP contribution in [-0.4, -0.2) is 59.5 Å². The van der Waals surface area contributed by atoms with E-state index in [2.05, 4.69) is 11.5 Å². The van der Waals surface area contributed by atoms with Crippen LogP contribution in [0.15, 0.2) is 43.0 Å². The smallest absolute Gasteiger partial charge is 0.313 e. The summed E-state index contributed by atoms with van der Waals surface area (Å²) < 4.78 is 1.08. The predicted molar refractivity (Wildman–Crippen MR) is 97.9 cm³/mol. The van der Waals surface area contributed by atoms with Gasteiger partial charge in [0.15, 0.2) is 0 Å². The number of fused-ring (bicyclic) bond motifs is 2. The van der Waals surface area contributed by atoms with Gasteiger partial charge in [0.2, 0.25) is 0 Å². The summed E-state index contributed by atoms with van der Waals surface area (Å²) in [6.07, 6.45) is 1.80. The average molecular weight is 356 g/mol. The molecule has 1 aromatic heterocycles. The number of likely N-dealkylation sites (tertiary alicyclic amines) is 2. The van der Waals surface area contributed by atoms with E-state index in [0.717, 1.165) is 10.1 Å². The SMILES string of the molecule is C=CCN1C[C@H]2CN(C(=O)c3cc4ccccc4s3)C[C@@]2(C(=O)O)C1. The van der Waals surface area contributed by atoms with E-state index in [1.54, 1.807) is 11.0 Å². The van der Waals surface area contributed by atoms with Crippen molar-refractivity contribution in [3.8, 4) is 0 Å². The Morgan fingerprint density at radius 1 is 1.32 bits per heavy atom. The second-order valence-electron chi connectivity index (χ2n) is 6.98. The number of thiophene rings is 1. The molecule has 0 radical (unpaired) electrons. The monoisotopic (exact) mass is 356 g/mol. The van der Waals surface area contributed by atoms with Crippen molar-refractivity contribution in [2.24, 2.45) is 11.3 Å². The Labute approximate surface area is 150 Å². The molecule has 1 N–H and O–H groups in total. The highest BCUT2D eigenvalue weighted by Crippen LogP contribution is 2.43. The minimum Gasteiger partial charge on any atom is -0.481 e. The van der Waals surface area contributed by atoms with Crippen molar-refractivity contribution < 1.29 is 14.7 Å². The summed E-state index contributed by atoms with van der Waals surface area (Å²) in [6, 6.07) is 9.82. The molecule has 0 bridgehead atoms. The zero-order valence-electron chi connectivity index (χ0n) is 13.9. The number of carbonyl (C=O) groups excluding carboxylic acids is 1. The minimum atomic E-state index is -0.852. The third-order valence-corrected chi connectivity index (χ3v) is 6.52. The van der Waals surface area contributed by atoms with Crippen molar-refractivity contribution >= 4 is 33.3 Å². The van der Waals surface area contributed by atoms with Crippen molar-refractivity contribution in [2.45, 2.75) is 0 Å². The first-order chi connectivity index (χ1) is 12.0. The van der Waals surface area contributed by atoms with E-state index in [9.17, 15) is 14.7 Å². The van der Waals surface area contributed by atoms with Crippen molar-refractivity contribution in [3.63, 3.8) is 0 Å². The Kier molecular flexibility index (Phi) is 3.89. The highest BCUT2D eigenvalue weighted by atomic mass is 32.1. The Bertz CT molecular complexity index is 828. The molecule has 2 aromatic rings. The first-order valence-electron chi connectivity index (χ1n) is 8.38. The average Bonchev–Trinajstić information content (AvgIpc) is 3.24. The molecule has 0 aliphatic carbocycles. The van der Waals surface area contributed by atoms with Crippen molar-refractivity contribution in [1.29, 1.82) is 0 Å². The van der Waals surface area contributed by atoms with Crippen LogP contribution in [0.25, 0.3) is 10.1 Å². The number of rotatable bonds is 4. The Hall–Kier alpha value is -2.18. The van der Waals surface area contributed by atoms with E-state index in [1.165, 1.54) is 11.3 Å². The van der Waals surface area contributed by atoms with Gasteiger partial charge in [0, 0.05) is 43.3 Å². The number of hydrogen-bond donors (Lipinski definition) is 1. The number of amides is 1. The Morgan fingerprint density at radius 2 is 2.12 bits per heavy atom. The lowest BCUT2D eigenvalue weighted by Crippen LogP contribution is -2.42. The zero-order valence-corrected chi connectivity index (χ0v) is 14.7. The maximum absolute atomic E-state index is 12.9. The van der Waals surface area contributed by atoms with Crippen LogP contribution in [0, 0.1) is 11.3 Å². The van der Waals surface area contributed by atoms with E-state index in [-0.39, 0.29) is 18.4 Å². The van der Waals surface area contributed by atoms with E-state index in [4.69, 9.17) is 0 Å². The number of carboxylic acids is 1. The first-order valence-corrected chi connectivity index (χ1v) is 9.19. The fourth-order valence-corrected chi connectivity index (χ4v) is 5.22. The van der Waals surface area contributed by atoms with Gasteiger partial charge in [0.25, 0.3) is 5.91 Å². The third-order valence-electron chi connectivity index (χ3n) is 5.42. The summed E-state index contributed by atoms with van der Waals surface area (Å²) >= 11 is 1.47. The van der Waals surface area contributed by atoms with Crippen LogP contribution >= 0.6 is 11.3 Å². The van der Waals surface area contributed by atoms with Gasteiger partial charge in [-0.05, 0) is 17.5 Å². The van der Waals surface area contributed by atoms with E-state index < -0.39 is 11.4 Å². The highest BCUT2D eigenvalue weighted by molar-refractivity contribution is 7.20. The Morgan fingerprint density at radius 3 is 2.80 bits per heavy atom. The van der Waals surface area contributed by atoms with E-state index >= 15 is 0 Å². The molecule has 6 heteroatoms. The number of aliphatic carboxylic acids is 1. The van der Waals surface area contributed by atoms with Crippen molar-refractivity contribution in [1.82, 2.24) is 9.80 Å². The molecule has 5 nitrogen and oxygen atoms in total. The zero-order chi connectivity index (χ0) is 17.6. The summed E-state index contributed by atoms with van der Waals surface area (Å²) in [4.78, 5) is 29.5. The molecule has 2 aliphatic rings. The lowest BCUT2D eigenvalue weighted by atomic mass is 9.81. The maximum Gasteiger partial charge on any atom is 0.313 e. The van der Waals surface area contributed by atoms with E-state index in [1.807, 2.05) is 30.3 Å². The van der Waals surface area contributed by atoms with Gasteiger partial charge < -0.3 is 10.0 Å². The molecule has 2 saturated heterocycles. The van der Waals surface area contributed by atoms with Gasteiger partial charge >= 0.3 is 5.97 Å². The molecule has 0 spiro atoms. The molecular weight excluding hydrogens is 336 g/mol. The van der Waals surface area contributed by atoms with Gasteiger partial charge in [-0.1, -0.05) is 24.3 Å². The number of nitrogens with zero attached hydrogens (tertiary/aromatic N) is 2. The summed E-state index contributed by atoms with van der Waals surface area (Å²) in [6.45, 7) is 6.40. The molecule has 25 heavy (non-hydrogen) atoms. The largest absolute Gasteiger partial charge is 0.481 e. The molecule has 2 aliphatic heterocycles. The summed E-state index contributed by atoms with van der Waals surface area (Å²) in [5.41, 5.74) is -0.852. The maximum atomic E-state index is 12.9. The predicted octanol–water partition coefficient (Wildman–Crippen LogP) is 2.55. The molecule has 2 fully saturated rings. The minimum absolute atomic E-state index is 0.0247. The molecular formula is C19H20N2O3S. The molecule has 0 unspecified atom stereocenters. The second kappa shape index (κ2) is 5.97. The molecule has 130 valence electrons. The second-order valence-corrected chi connectivity index (χ2v) is 8.06. The lowest BCUT2D eigenvalue weighted by molar-refractivity contribution is -0.148. The van der Waals surface area contributed by atoms with Crippen molar-refractivity contribution in [3.05, 3.63) is 47.9 Å². The quantitative estimate of drug-likeness (QED) is 0.856. The molecule has 0 saturated carbocycles. The van der Waals surface area contributed by atoms with Crippen LogP contribution in [0.4, 0.5) is 0 Å². The van der Waals surface area contributed by atoms with Crippen LogP contribution in [0.2, 0.25) is 0 Å². The van der Waals surface area contributed by atoms with E-state index in [0.29, 0.717) is 31.1 Å². The third kappa shape index (κ3) is 2.56. The van der Waals surface area contributed by atoms with Crippen LogP contribution < -0.4 is 0 Å². The van der Waals surface area contributed by atoms with Gasteiger partial charge in [-0.3, -0.25) is 14.5 Å². The van der Waals surface area contributed by atoms with Crippen LogP contribution in [0.3, 0.4) is 0 Å². The highest BCUT2D eigenvalue weighted by Gasteiger charge is 2.58. The van der Waals surface area contributed by atoms with Gasteiger partial charge in [0.05, 0.1) is 4.88 Å². The Balaban J connectivity index is 1.58. The number of carbonyl (C=O) groups is 2. The topological polar surface area (TPSA) is 60.9 Å². The summed E-state index contributed by atoms with van der Waals surface area (Å²) in [5.74, 6) is -0.870. The summed E-state index contributed by atoms with van der Waals surface area (Å²) in [5, 5.41) is 10.9. The fourth-order valence-electron chi connectivity index (χ4n) is 4.19. The number of hydrogen-bond acceptors (Lipinski definition) is 4. The fraction of sp³-hybridized carbons (Fsp3) is 0.368. The lowest BCUT2D eigenvalue weighted by Gasteiger charge is -2.24. The first kappa shape index (κ1) is 16.3. The summed E-state index contributed by atoms with van der Waals surface area (Å²) in [7, 11) is 0. The van der Waals surface area contributed by atoms with Crippen molar-refractivity contribution in [2.75, 3.05) is 32.7 Å². The van der Waals surface area contributed by atoms with Gasteiger partial charge in [-0.25, -0.2) is 0 Å². The van der Waals surface area contributed by atoms with Crippen LogP contribution in [0.5, 0.6) is 0 Å². The van der Waals surface area contributed by atoms with Crippen LogP contribution in [-0.2, 0) is 4.79 Å². The molecule has 1 amide bonds. The number of benzene rings is 1. The van der Waals surface area contributed by atoms with Gasteiger partial charge in [-0.15, -0.1) is 17.9 Å². The normalized spacial score (nSPS) is 26.1. The molecule has 4 rings (SSSR count). The van der Waals surface area contributed by atoms with Gasteiger partial charge in [-0.2, -0.15) is 0 Å². The number of carboxylic acid groups (broad SMARTS) is 1.